The molecule has 0 radical (unpaired) electrons. The molecule has 29 heavy (non-hydrogen) atoms. The first-order valence-corrected chi connectivity index (χ1v) is 10.8. The fourth-order valence-corrected chi connectivity index (χ4v) is 4.52. The van der Waals surface area contributed by atoms with Gasteiger partial charge in [0.15, 0.2) is 5.82 Å². The normalized spacial score (nSPS) is 14.5. The second-order valence-electron chi connectivity index (χ2n) is 6.58. The van der Waals surface area contributed by atoms with Gasteiger partial charge in [0.25, 0.3) is 0 Å². The van der Waals surface area contributed by atoms with Crippen molar-refractivity contribution in [3.8, 4) is 10.4 Å². The van der Waals surface area contributed by atoms with Gasteiger partial charge in [0.05, 0.1) is 43.3 Å². The predicted molar refractivity (Wildman–Crippen MR) is 117 cm³/mol. The molecule has 2 aromatic heterocycles. The zero-order valence-electron chi connectivity index (χ0n) is 15.9. The number of morpholine rings is 1. The van der Waals surface area contributed by atoms with Gasteiger partial charge in [0, 0.05) is 30.2 Å². The average molecular weight is 435 g/mol. The lowest BCUT2D eigenvalue weighted by Gasteiger charge is -2.28. The summed E-state index contributed by atoms with van der Waals surface area (Å²) in [4.78, 5) is 12.3. The number of thiophene rings is 1. The third kappa shape index (κ3) is 4.96. The quantitative estimate of drug-likeness (QED) is 0.416. The van der Waals surface area contributed by atoms with Crippen molar-refractivity contribution in [2.45, 2.75) is 0 Å². The lowest BCUT2D eigenvalue weighted by Crippen LogP contribution is -2.36. The van der Waals surface area contributed by atoms with Crippen molar-refractivity contribution in [3.05, 3.63) is 35.6 Å². The molecule has 2 N–H and O–H groups in total. The third-order valence-electron chi connectivity index (χ3n) is 4.60. The lowest BCUT2D eigenvalue weighted by atomic mass is 10.1. The van der Waals surface area contributed by atoms with E-state index in [9.17, 15) is 0 Å². The molecule has 3 aromatic rings. The average Bonchev–Trinajstić information content (AvgIpc) is 3.18. The van der Waals surface area contributed by atoms with Crippen LogP contribution in [0.15, 0.2) is 30.3 Å². The molecule has 0 bridgehead atoms. The Kier molecular flexibility index (Phi) is 6.78. The van der Waals surface area contributed by atoms with Crippen molar-refractivity contribution in [3.63, 3.8) is 0 Å². The van der Waals surface area contributed by atoms with E-state index < -0.39 is 0 Å². The second kappa shape index (κ2) is 9.69. The van der Waals surface area contributed by atoms with Gasteiger partial charge in [0.1, 0.15) is 0 Å². The van der Waals surface area contributed by atoms with E-state index >= 15 is 0 Å². The first-order chi connectivity index (χ1) is 14.2. The number of aliphatic hydroxyl groups excluding tert-OH is 1. The highest BCUT2D eigenvalue weighted by molar-refractivity contribution is 7.22. The van der Waals surface area contributed by atoms with Crippen LogP contribution in [0.5, 0.6) is 0 Å². The molecule has 4 rings (SSSR count). The minimum absolute atomic E-state index is 0.0424. The Morgan fingerprint density at radius 1 is 1.21 bits per heavy atom. The monoisotopic (exact) mass is 434 g/mol. The van der Waals surface area contributed by atoms with Crippen LogP contribution in [0.3, 0.4) is 0 Å². The van der Waals surface area contributed by atoms with Gasteiger partial charge in [-0.1, -0.05) is 12.1 Å². The highest BCUT2D eigenvalue weighted by Crippen LogP contribution is 2.38. The Hall–Kier alpha value is -1.97. The third-order valence-corrected chi connectivity index (χ3v) is 5.93. The number of aliphatic hydroxyl groups is 1. The molecule has 3 heterocycles. The molecule has 154 valence electrons. The van der Waals surface area contributed by atoms with Crippen molar-refractivity contribution >= 4 is 44.7 Å². The van der Waals surface area contributed by atoms with Crippen LogP contribution in [0, 0.1) is 0 Å². The number of benzene rings is 1. The zero-order chi connectivity index (χ0) is 20.1. The smallest absolute Gasteiger partial charge is 0.224 e. The maximum Gasteiger partial charge on any atom is 0.224 e. The van der Waals surface area contributed by atoms with Crippen molar-refractivity contribution in [2.75, 3.05) is 62.9 Å². The number of hydrogen-bond acceptors (Lipinski definition) is 8. The number of fused-ring (bicyclic) bond motifs is 1. The highest BCUT2D eigenvalue weighted by Gasteiger charge is 2.19. The van der Waals surface area contributed by atoms with Gasteiger partial charge in [-0.25, -0.2) is 4.98 Å². The molecule has 0 saturated carbocycles. The van der Waals surface area contributed by atoms with Crippen molar-refractivity contribution in [1.82, 2.24) is 9.97 Å². The molecule has 1 fully saturated rings. The number of nitrogens with one attached hydrogen (secondary N) is 1. The SMILES string of the molecule is OCCOCCNc1cccc(-c2cc3nc(Cl)nc(N4CCOCC4)c3s2)c1. The summed E-state index contributed by atoms with van der Waals surface area (Å²) in [5.41, 5.74) is 2.99. The highest BCUT2D eigenvalue weighted by atomic mass is 35.5. The molecule has 0 aliphatic carbocycles. The van der Waals surface area contributed by atoms with Crippen LogP contribution in [0.4, 0.5) is 11.5 Å². The van der Waals surface area contributed by atoms with Crippen LogP contribution in [0.1, 0.15) is 0 Å². The number of nitrogens with zero attached hydrogens (tertiary/aromatic N) is 3. The molecule has 0 unspecified atom stereocenters. The van der Waals surface area contributed by atoms with E-state index in [2.05, 4.69) is 38.4 Å². The minimum atomic E-state index is 0.0424. The number of ether oxygens (including phenoxy) is 2. The van der Waals surface area contributed by atoms with Crippen molar-refractivity contribution in [2.24, 2.45) is 0 Å². The molecule has 0 spiro atoms. The fraction of sp³-hybridized carbons (Fsp3) is 0.400. The second-order valence-corrected chi connectivity index (χ2v) is 7.97. The summed E-state index contributed by atoms with van der Waals surface area (Å²) in [5.74, 6) is 0.884. The Morgan fingerprint density at radius 2 is 2.07 bits per heavy atom. The number of halogens is 1. The number of hydrogen-bond donors (Lipinski definition) is 2. The molecule has 1 aliphatic heterocycles. The molecule has 0 amide bonds. The van der Waals surface area contributed by atoms with E-state index in [0.29, 0.717) is 33.0 Å². The summed E-state index contributed by atoms with van der Waals surface area (Å²) >= 11 is 7.88. The van der Waals surface area contributed by atoms with Gasteiger partial charge in [-0.05, 0) is 35.4 Å². The zero-order valence-corrected chi connectivity index (χ0v) is 17.5. The molecule has 0 atom stereocenters. The number of rotatable bonds is 8. The fourth-order valence-electron chi connectivity index (χ4n) is 3.24. The maximum absolute atomic E-state index is 8.75. The van der Waals surface area contributed by atoms with E-state index in [4.69, 9.17) is 26.2 Å². The van der Waals surface area contributed by atoms with Crippen molar-refractivity contribution in [1.29, 1.82) is 0 Å². The summed E-state index contributed by atoms with van der Waals surface area (Å²) in [7, 11) is 0. The minimum Gasteiger partial charge on any atom is -0.394 e. The Morgan fingerprint density at radius 3 is 2.90 bits per heavy atom. The predicted octanol–water partition coefficient (Wildman–Crippen LogP) is 3.27. The Balaban J connectivity index is 1.57. The van der Waals surface area contributed by atoms with Gasteiger partial charge in [-0.3, -0.25) is 0 Å². The van der Waals surface area contributed by atoms with Gasteiger partial charge >= 0.3 is 0 Å². The first kappa shape index (κ1) is 20.3. The van der Waals surface area contributed by atoms with Gasteiger partial charge in [-0.2, -0.15) is 4.98 Å². The molecule has 7 nitrogen and oxygen atoms in total. The lowest BCUT2D eigenvalue weighted by molar-refractivity contribution is 0.0992. The van der Waals surface area contributed by atoms with Gasteiger partial charge in [-0.15, -0.1) is 11.3 Å². The largest absolute Gasteiger partial charge is 0.394 e. The summed E-state index contributed by atoms with van der Waals surface area (Å²) < 4.78 is 11.8. The standard InChI is InChI=1S/C20H23ClN4O3S/c21-20-23-16-13-17(29-18(16)19(24-20)25-5-9-28-10-6-25)14-2-1-3-15(12-14)22-4-8-27-11-7-26/h1-3,12-13,22,26H,4-11H2. The topological polar surface area (TPSA) is 79.7 Å². The van der Waals surface area contributed by atoms with Crippen LogP contribution in [-0.4, -0.2) is 67.7 Å². The molecular formula is C20H23ClN4O3S. The van der Waals surface area contributed by atoms with E-state index in [1.807, 2.05) is 12.1 Å². The summed E-state index contributed by atoms with van der Waals surface area (Å²) in [6.45, 7) is 4.61. The van der Waals surface area contributed by atoms with Crippen LogP contribution in [0.2, 0.25) is 5.28 Å². The summed E-state index contributed by atoms with van der Waals surface area (Å²) in [6, 6.07) is 10.3. The number of anilines is 2. The van der Waals surface area contributed by atoms with Crippen LogP contribution >= 0.6 is 22.9 Å². The number of aromatic nitrogens is 2. The molecule has 1 saturated heterocycles. The van der Waals surface area contributed by atoms with E-state index in [-0.39, 0.29) is 11.9 Å². The maximum atomic E-state index is 8.75. The molecular weight excluding hydrogens is 412 g/mol. The van der Waals surface area contributed by atoms with E-state index in [1.54, 1.807) is 11.3 Å². The molecule has 1 aromatic carbocycles. The van der Waals surface area contributed by atoms with Crippen molar-refractivity contribution < 1.29 is 14.6 Å². The van der Waals surface area contributed by atoms with Gasteiger partial charge < -0.3 is 24.8 Å². The first-order valence-electron chi connectivity index (χ1n) is 9.57. The van der Waals surface area contributed by atoms with Crippen LogP contribution in [0.25, 0.3) is 20.7 Å². The molecule has 9 heteroatoms. The van der Waals surface area contributed by atoms with Crippen LogP contribution < -0.4 is 10.2 Å². The van der Waals surface area contributed by atoms with E-state index in [1.165, 1.54) is 0 Å². The summed E-state index contributed by atoms with van der Waals surface area (Å²) in [5, 5.41) is 12.4. The van der Waals surface area contributed by atoms with Gasteiger partial charge in [0.2, 0.25) is 5.28 Å². The Bertz CT molecular complexity index is 962. The molecule has 1 aliphatic rings. The Labute approximate surface area is 178 Å². The summed E-state index contributed by atoms with van der Waals surface area (Å²) in [6.07, 6.45) is 0. The van der Waals surface area contributed by atoms with Crippen LogP contribution in [-0.2, 0) is 9.47 Å². The van der Waals surface area contributed by atoms with E-state index in [0.717, 1.165) is 45.3 Å².